The van der Waals surface area contributed by atoms with Gasteiger partial charge in [0, 0.05) is 5.69 Å². The van der Waals surface area contributed by atoms with E-state index < -0.39 is 0 Å². The Balaban J connectivity index is 1.45. The zero-order valence-corrected chi connectivity index (χ0v) is 13.1. The number of nitrogens with one attached hydrogen (secondary N) is 2. The van der Waals surface area contributed by atoms with Gasteiger partial charge in [0.15, 0.2) is 0 Å². The number of para-hydroxylation sites is 1. The van der Waals surface area contributed by atoms with Crippen LogP contribution in [0.1, 0.15) is 53.0 Å². The maximum atomic E-state index is 12.5. The molecule has 0 bridgehead atoms. The first-order chi connectivity index (χ1) is 11.3. The Bertz CT molecular complexity index is 719. The second kappa shape index (κ2) is 6.07. The molecule has 1 heterocycles. The van der Waals surface area contributed by atoms with Gasteiger partial charge in [-0.15, -0.1) is 0 Å². The molecule has 1 aromatic heterocycles. The summed E-state index contributed by atoms with van der Waals surface area (Å²) in [4.78, 5) is 12.5. The molecule has 5 nitrogen and oxygen atoms in total. The van der Waals surface area contributed by atoms with E-state index in [1.165, 1.54) is 24.1 Å². The van der Waals surface area contributed by atoms with Gasteiger partial charge in [-0.3, -0.25) is 9.89 Å². The Morgan fingerprint density at radius 1 is 1.26 bits per heavy atom. The number of carbonyl (C=O) groups is 1. The van der Waals surface area contributed by atoms with Gasteiger partial charge in [0.25, 0.3) is 5.91 Å². The monoisotopic (exact) mass is 311 g/mol. The molecule has 0 atom stereocenters. The zero-order chi connectivity index (χ0) is 15.6. The average Bonchev–Trinajstić information content (AvgIpc) is 3.31. The SMILES string of the molecule is O=C(NCc1n[nH]c2c1CCCC2)c1ccccc1OC1CC1. The molecule has 1 aromatic carbocycles. The lowest BCUT2D eigenvalue weighted by Gasteiger charge is -2.13. The number of nitrogens with zero attached hydrogens (tertiary/aromatic N) is 1. The minimum Gasteiger partial charge on any atom is -0.490 e. The first kappa shape index (κ1) is 14.3. The van der Waals surface area contributed by atoms with Crippen molar-refractivity contribution >= 4 is 5.91 Å². The first-order valence-electron chi connectivity index (χ1n) is 8.40. The highest BCUT2D eigenvalue weighted by Gasteiger charge is 2.25. The van der Waals surface area contributed by atoms with Crippen LogP contribution in [0, 0.1) is 0 Å². The van der Waals surface area contributed by atoms with Gasteiger partial charge in [0.1, 0.15) is 5.75 Å². The van der Waals surface area contributed by atoms with Crippen molar-refractivity contribution in [3.8, 4) is 5.75 Å². The van der Waals surface area contributed by atoms with Crippen LogP contribution in [0.4, 0.5) is 0 Å². The number of H-pyrrole nitrogens is 1. The fraction of sp³-hybridized carbons (Fsp3) is 0.444. The van der Waals surface area contributed by atoms with Crippen molar-refractivity contribution in [2.75, 3.05) is 0 Å². The second-order valence-corrected chi connectivity index (χ2v) is 6.33. The molecule has 2 N–H and O–H groups in total. The highest BCUT2D eigenvalue weighted by Crippen LogP contribution is 2.29. The summed E-state index contributed by atoms with van der Waals surface area (Å²) >= 11 is 0. The number of benzene rings is 1. The Morgan fingerprint density at radius 3 is 2.96 bits per heavy atom. The van der Waals surface area contributed by atoms with E-state index in [-0.39, 0.29) is 12.0 Å². The third-order valence-corrected chi connectivity index (χ3v) is 4.51. The van der Waals surface area contributed by atoms with E-state index in [1.807, 2.05) is 24.3 Å². The fourth-order valence-electron chi connectivity index (χ4n) is 3.08. The fourth-order valence-corrected chi connectivity index (χ4v) is 3.08. The topological polar surface area (TPSA) is 67.0 Å². The number of fused-ring (bicyclic) bond motifs is 1. The van der Waals surface area contributed by atoms with Crippen molar-refractivity contribution in [1.29, 1.82) is 0 Å². The molecule has 2 aromatic rings. The zero-order valence-electron chi connectivity index (χ0n) is 13.1. The lowest BCUT2D eigenvalue weighted by atomic mass is 9.96. The molecule has 4 rings (SSSR count). The van der Waals surface area contributed by atoms with E-state index in [4.69, 9.17) is 4.74 Å². The Hall–Kier alpha value is -2.30. The molecule has 23 heavy (non-hydrogen) atoms. The van der Waals surface area contributed by atoms with E-state index in [1.54, 1.807) is 0 Å². The summed E-state index contributed by atoms with van der Waals surface area (Å²) in [7, 11) is 0. The summed E-state index contributed by atoms with van der Waals surface area (Å²) in [6.45, 7) is 0.461. The largest absolute Gasteiger partial charge is 0.490 e. The molecule has 5 heteroatoms. The molecule has 0 unspecified atom stereocenters. The molecule has 0 radical (unpaired) electrons. The number of aryl methyl sites for hydroxylation is 1. The van der Waals surface area contributed by atoms with Crippen LogP contribution < -0.4 is 10.1 Å². The van der Waals surface area contributed by atoms with Gasteiger partial charge in [0.2, 0.25) is 0 Å². The number of rotatable bonds is 5. The lowest BCUT2D eigenvalue weighted by molar-refractivity contribution is 0.0946. The minimum absolute atomic E-state index is 0.103. The van der Waals surface area contributed by atoms with Crippen LogP contribution in [0.3, 0.4) is 0 Å². The normalized spacial score (nSPS) is 16.7. The third-order valence-electron chi connectivity index (χ3n) is 4.51. The van der Waals surface area contributed by atoms with Crippen molar-refractivity contribution < 1.29 is 9.53 Å². The standard InChI is InChI=1S/C18H21N3O2/c22-18(14-6-2-4-8-17(14)23-12-9-10-12)19-11-16-13-5-1-3-7-15(13)20-21-16/h2,4,6,8,12H,1,3,5,7,9-11H2,(H,19,22)(H,20,21). The third kappa shape index (κ3) is 3.09. The van der Waals surface area contributed by atoms with Crippen LogP contribution in [0.2, 0.25) is 0 Å². The van der Waals surface area contributed by atoms with Crippen molar-refractivity contribution in [1.82, 2.24) is 15.5 Å². The number of hydrogen-bond donors (Lipinski definition) is 2. The van der Waals surface area contributed by atoms with Crippen LogP contribution in [0.15, 0.2) is 24.3 Å². The van der Waals surface area contributed by atoms with E-state index in [9.17, 15) is 4.79 Å². The van der Waals surface area contributed by atoms with Gasteiger partial charge in [-0.25, -0.2) is 0 Å². The molecule has 0 saturated heterocycles. The Labute approximate surface area is 135 Å². The Kier molecular flexibility index (Phi) is 3.77. The van der Waals surface area contributed by atoms with Gasteiger partial charge in [-0.1, -0.05) is 12.1 Å². The molecule has 1 amide bonds. The highest BCUT2D eigenvalue weighted by molar-refractivity contribution is 5.96. The summed E-state index contributed by atoms with van der Waals surface area (Å²) in [5, 5.41) is 10.5. The number of hydrogen-bond acceptors (Lipinski definition) is 3. The van der Waals surface area contributed by atoms with Crippen molar-refractivity contribution in [2.24, 2.45) is 0 Å². The molecular weight excluding hydrogens is 290 g/mol. The smallest absolute Gasteiger partial charge is 0.255 e. The minimum atomic E-state index is -0.103. The van der Waals surface area contributed by atoms with Crippen molar-refractivity contribution in [2.45, 2.75) is 51.2 Å². The summed E-state index contributed by atoms with van der Waals surface area (Å²) < 4.78 is 5.82. The molecular formula is C18H21N3O2. The number of carbonyl (C=O) groups excluding carboxylic acids is 1. The van der Waals surface area contributed by atoms with Crippen LogP contribution in [0.5, 0.6) is 5.75 Å². The lowest BCUT2D eigenvalue weighted by Crippen LogP contribution is -2.24. The summed E-state index contributed by atoms with van der Waals surface area (Å²) in [6.07, 6.45) is 6.97. The molecule has 1 saturated carbocycles. The van der Waals surface area contributed by atoms with Gasteiger partial charge in [0.05, 0.1) is 23.9 Å². The van der Waals surface area contributed by atoms with Gasteiger partial charge in [-0.05, 0) is 56.2 Å². The highest BCUT2D eigenvalue weighted by atomic mass is 16.5. The van der Waals surface area contributed by atoms with Gasteiger partial charge < -0.3 is 10.1 Å². The van der Waals surface area contributed by atoms with Crippen molar-refractivity contribution in [3.63, 3.8) is 0 Å². The van der Waals surface area contributed by atoms with Gasteiger partial charge >= 0.3 is 0 Å². The van der Waals surface area contributed by atoms with E-state index in [0.717, 1.165) is 31.4 Å². The van der Waals surface area contributed by atoms with E-state index in [0.29, 0.717) is 17.9 Å². The average molecular weight is 311 g/mol. The van der Waals surface area contributed by atoms with Crippen molar-refractivity contribution in [3.05, 3.63) is 46.8 Å². The number of aromatic amines is 1. The summed E-state index contributed by atoms with van der Waals surface area (Å²) in [6, 6.07) is 7.44. The van der Waals surface area contributed by atoms with Crippen LogP contribution in [0.25, 0.3) is 0 Å². The van der Waals surface area contributed by atoms with Gasteiger partial charge in [-0.2, -0.15) is 5.10 Å². The summed E-state index contributed by atoms with van der Waals surface area (Å²) in [5.41, 5.74) is 4.09. The number of ether oxygens (including phenoxy) is 1. The number of amides is 1. The van der Waals surface area contributed by atoms with E-state index >= 15 is 0 Å². The second-order valence-electron chi connectivity index (χ2n) is 6.33. The van der Waals surface area contributed by atoms with Crippen LogP contribution >= 0.6 is 0 Å². The molecule has 0 aliphatic heterocycles. The maximum Gasteiger partial charge on any atom is 0.255 e. The molecule has 0 spiro atoms. The summed E-state index contributed by atoms with van der Waals surface area (Å²) in [5.74, 6) is 0.574. The van der Waals surface area contributed by atoms with Crippen LogP contribution in [-0.2, 0) is 19.4 Å². The number of aromatic nitrogens is 2. The molecule has 120 valence electrons. The first-order valence-corrected chi connectivity index (χ1v) is 8.40. The quantitative estimate of drug-likeness (QED) is 0.892. The van der Waals surface area contributed by atoms with Crippen LogP contribution in [-0.4, -0.2) is 22.2 Å². The predicted octanol–water partition coefficient (Wildman–Crippen LogP) is 2.76. The molecule has 1 fully saturated rings. The predicted molar refractivity (Wildman–Crippen MR) is 86.5 cm³/mol. The molecule has 2 aliphatic rings. The molecule has 2 aliphatic carbocycles. The maximum absolute atomic E-state index is 12.5. The Morgan fingerprint density at radius 2 is 2.09 bits per heavy atom. The van der Waals surface area contributed by atoms with E-state index in [2.05, 4.69) is 15.5 Å².